The number of aryl methyl sites for hydroxylation is 2. The minimum atomic E-state index is -1.14. The molecule has 0 aliphatic carbocycles. The van der Waals surface area contributed by atoms with Crippen LogP contribution in [0.25, 0.3) is 5.65 Å². The fourth-order valence-corrected chi connectivity index (χ4v) is 3.56. The lowest BCUT2D eigenvalue weighted by Gasteiger charge is -2.34. The Morgan fingerprint density at radius 2 is 2.07 bits per heavy atom. The quantitative estimate of drug-likeness (QED) is 0.693. The number of hydrogen-bond acceptors (Lipinski definition) is 6. The molecule has 1 aromatic carbocycles. The van der Waals surface area contributed by atoms with Crippen molar-refractivity contribution in [1.82, 2.24) is 24.5 Å². The second kappa shape index (κ2) is 8.64. The number of carbonyl (C=O) groups is 1. The largest absolute Gasteiger partial charge is 0.445 e. The van der Waals surface area contributed by atoms with Gasteiger partial charge in [0.15, 0.2) is 5.82 Å². The molecule has 30 heavy (non-hydrogen) atoms. The van der Waals surface area contributed by atoms with Crippen LogP contribution in [-0.4, -0.2) is 56.4 Å². The van der Waals surface area contributed by atoms with E-state index in [1.165, 1.54) is 4.90 Å². The van der Waals surface area contributed by atoms with Gasteiger partial charge in [0.25, 0.3) is 0 Å². The number of rotatable bonds is 5. The molecule has 2 aromatic heterocycles. The van der Waals surface area contributed by atoms with Crippen LogP contribution >= 0.6 is 0 Å². The minimum absolute atomic E-state index is 0.0285. The average Bonchev–Trinajstić information content (AvgIpc) is 3.14. The molecule has 3 aromatic rings. The van der Waals surface area contributed by atoms with Gasteiger partial charge < -0.3 is 15.0 Å². The second-order valence-corrected chi connectivity index (χ2v) is 7.65. The number of ether oxygens (including phenoxy) is 1. The number of hydrogen-bond donors (Lipinski definition) is 1. The summed E-state index contributed by atoms with van der Waals surface area (Å²) < 4.78 is 21.9. The monoisotopic (exact) mass is 412 g/mol. The lowest BCUT2D eigenvalue weighted by Crippen LogP contribution is -2.46. The van der Waals surface area contributed by atoms with Gasteiger partial charge in [-0.2, -0.15) is 0 Å². The van der Waals surface area contributed by atoms with Crippen LogP contribution in [0.4, 0.5) is 15.0 Å². The summed E-state index contributed by atoms with van der Waals surface area (Å²) in [5.41, 5.74) is 2.67. The van der Waals surface area contributed by atoms with Crippen molar-refractivity contribution in [3.8, 4) is 0 Å². The van der Waals surface area contributed by atoms with Crippen molar-refractivity contribution in [3.63, 3.8) is 0 Å². The Kier molecular flexibility index (Phi) is 5.78. The van der Waals surface area contributed by atoms with Gasteiger partial charge in [-0.25, -0.2) is 14.2 Å². The molecule has 2 atom stereocenters. The molecule has 0 unspecified atom stereocenters. The number of benzene rings is 1. The summed E-state index contributed by atoms with van der Waals surface area (Å²) in [6.45, 7) is 4.94. The summed E-state index contributed by atoms with van der Waals surface area (Å²) in [5, 5.41) is 11.3. The first-order valence-corrected chi connectivity index (χ1v) is 10.0. The van der Waals surface area contributed by atoms with E-state index in [4.69, 9.17) is 4.74 Å². The summed E-state index contributed by atoms with van der Waals surface area (Å²) in [6.07, 6.45) is 2.37. The molecule has 0 saturated carbocycles. The molecule has 0 bridgehead atoms. The Morgan fingerprint density at radius 1 is 1.27 bits per heavy atom. The number of nitrogens with zero attached hydrogens (tertiary/aromatic N) is 5. The molecule has 9 heteroatoms. The van der Waals surface area contributed by atoms with E-state index in [0.717, 1.165) is 17.0 Å². The van der Waals surface area contributed by atoms with Crippen LogP contribution in [0.5, 0.6) is 0 Å². The van der Waals surface area contributed by atoms with Crippen molar-refractivity contribution in [2.24, 2.45) is 5.92 Å². The zero-order valence-corrected chi connectivity index (χ0v) is 17.1. The van der Waals surface area contributed by atoms with Crippen molar-refractivity contribution in [3.05, 3.63) is 53.6 Å². The zero-order chi connectivity index (χ0) is 21.1. The molecule has 1 fully saturated rings. The van der Waals surface area contributed by atoms with Crippen molar-refractivity contribution in [2.45, 2.75) is 33.0 Å². The topological polar surface area (TPSA) is 84.7 Å². The maximum Gasteiger partial charge on any atom is 0.410 e. The number of nitrogens with one attached hydrogen (secondary N) is 1. The van der Waals surface area contributed by atoms with Gasteiger partial charge in [-0.05, 0) is 25.8 Å². The molecule has 158 valence electrons. The highest BCUT2D eigenvalue weighted by Gasteiger charge is 2.32. The number of alkyl halides is 1. The van der Waals surface area contributed by atoms with Crippen LogP contribution in [0.1, 0.15) is 23.4 Å². The third kappa shape index (κ3) is 4.34. The fourth-order valence-electron chi connectivity index (χ4n) is 3.56. The maximum atomic E-state index is 14.7. The minimum Gasteiger partial charge on any atom is -0.445 e. The average molecular weight is 412 g/mol. The number of halogens is 1. The van der Waals surface area contributed by atoms with Crippen LogP contribution in [0.15, 0.2) is 36.7 Å². The van der Waals surface area contributed by atoms with Crippen molar-refractivity contribution in [1.29, 1.82) is 0 Å². The third-order valence-corrected chi connectivity index (χ3v) is 5.45. The second-order valence-electron chi connectivity index (χ2n) is 7.65. The molecule has 3 heterocycles. The lowest BCUT2D eigenvalue weighted by molar-refractivity contribution is 0.0544. The standard InChI is InChI=1S/C21H25FN6O2/c1-14-3-5-16(6-4-14)13-30-21(29)27-9-7-17(18(22)12-27)11-24-19-20-26-25-15(2)28(20)10-8-23-19/h3-6,8,10,17-18H,7,9,11-13H2,1-2H3,(H,23,24)/t17-,18-/m1/s1. The van der Waals surface area contributed by atoms with Gasteiger partial charge in [-0.1, -0.05) is 29.8 Å². The van der Waals surface area contributed by atoms with Crippen LogP contribution < -0.4 is 5.32 Å². The van der Waals surface area contributed by atoms with E-state index in [1.807, 2.05) is 42.5 Å². The van der Waals surface area contributed by atoms with Crippen LogP contribution in [0.2, 0.25) is 0 Å². The van der Waals surface area contributed by atoms with E-state index in [2.05, 4.69) is 20.5 Å². The Balaban J connectivity index is 1.28. The third-order valence-electron chi connectivity index (χ3n) is 5.45. The van der Waals surface area contributed by atoms with Crippen LogP contribution in [0, 0.1) is 19.8 Å². The molecule has 1 amide bonds. The summed E-state index contributed by atoms with van der Waals surface area (Å²) in [6, 6.07) is 7.78. The summed E-state index contributed by atoms with van der Waals surface area (Å²) in [7, 11) is 0. The smallest absolute Gasteiger partial charge is 0.410 e. The molecule has 8 nitrogen and oxygen atoms in total. The van der Waals surface area contributed by atoms with Crippen molar-refractivity contribution >= 4 is 17.6 Å². The van der Waals surface area contributed by atoms with Gasteiger partial charge >= 0.3 is 6.09 Å². The predicted molar refractivity (Wildman–Crippen MR) is 110 cm³/mol. The molecule has 1 N–H and O–H groups in total. The normalized spacial score (nSPS) is 19.1. The number of aromatic nitrogens is 4. The Morgan fingerprint density at radius 3 is 2.83 bits per heavy atom. The molecular weight excluding hydrogens is 387 g/mol. The number of likely N-dealkylation sites (tertiary alicyclic amines) is 1. The first-order valence-electron chi connectivity index (χ1n) is 10.0. The molecular formula is C21H25FN6O2. The Bertz CT molecular complexity index is 1020. The predicted octanol–water partition coefficient (Wildman–Crippen LogP) is 3.15. The highest BCUT2D eigenvalue weighted by molar-refractivity contribution is 5.68. The van der Waals surface area contributed by atoms with E-state index in [1.54, 1.807) is 12.4 Å². The molecule has 0 radical (unpaired) electrons. The van der Waals surface area contributed by atoms with E-state index in [-0.39, 0.29) is 19.1 Å². The fraction of sp³-hybridized carbons (Fsp3) is 0.429. The van der Waals surface area contributed by atoms with Gasteiger partial charge in [0.1, 0.15) is 18.6 Å². The summed E-state index contributed by atoms with van der Waals surface area (Å²) >= 11 is 0. The molecule has 0 spiro atoms. The van der Waals surface area contributed by atoms with Gasteiger partial charge in [0, 0.05) is 31.4 Å². The molecule has 1 aliphatic rings. The van der Waals surface area contributed by atoms with Crippen molar-refractivity contribution in [2.75, 3.05) is 25.0 Å². The number of carbonyl (C=O) groups excluding carboxylic acids is 1. The first-order chi connectivity index (χ1) is 14.5. The lowest BCUT2D eigenvalue weighted by atomic mass is 9.95. The van der Waals surface area contributed by atoms with E-state index < -0.39 is 12.3 Å². The molecule has 1 saturated heterocycles. The number of fused-ring (bicyclic) bond motifs is 1. The van der Waals surface area contributed by atoms with E-state index in [9.17, 15) is 9.18 Å². The summed E-state index contributed by atoms with van der Waals surface area (Å²) in [5.74, 6) is 1.11. The zero-order valence-electron chi connectivity index (χ0n) is 17.1. The molecule has 1 aliphatic heterocycles. The van der Waals surface area contributed by atoms with Gasteiger partial charge in [0.2, 0.25) is 5.65 Å². The van der Waals surface area contributed by atoms with Crippen molar-refractivity contribution < 1.29 is 13.9 Å². The summed E-state index contributed by atoms with van der Waals surface area (Å²) in [4.78, 5) is 18.0. The SMILES string of the molecule is Cc1ccc(COC(=O)N2CC[C@H](CNc3nccn4c(C)nnc34)[C@H](F)C2)cc1. The maximum absolute atomic E-state index is 14.7. The van der Waals surface area contributed by atoms with Crippen LogP contribution in [0.3, 0.4) is 0 Å². The van der Waals surface area contributed by atoms with E-state index in [0.29, 0.717) is 31.0 Å². The Hall–Kier alpha value is -3.23. The number of amides is 1. The van der Waals surface area contributed by atoms with E-state index >= 15 is 0 Å². The number of anilines is 1. The molecule has 4 rings (SSSR count). The van der Waals surface area contributed by atoms with Gasteiger partial charge in [0.05, 0.1) is 6.54 Å². The van der Waals surface area contributed by atoms with Crippen LogP contribution in [-0.2, 0) is 11.3 Å². The van der Waals surface area contributed by atoms with Gasteiger partial charge in [-0.15, -0.1) is 10.2 Å². The number of piperidine rings is 1. The first kappa shape index (κ1) is 20.1. The highest BCUT2D eigenvalue weighted by Crippen LogP contribution is 2.23. The Labute approximate surface area is 174 Å². The highest BCUT2D eigenvalue weighted by atomic mass is 19.1. The van der Waals surface area contributed by atoms with Gasteiger partial charge in [-0.3, -0.25) is 4.40 Å².